The van der Waals surface area contributed by atoms with Crippen LogP contribution in [0.15, 0.2) is 18.2 Å². The van der Waals surface area contributed by atoms with Crippen LogP contribution in [0.5, 0.6) is 0 Å². The average molecular weight is 270 g/mol. The zero-order valence-corrected chi connectivity index (χ0v) is 11.9. The van der Waals surface area contributed by atoms with Crippen LogP contribution in [0.4, 0.5) is 10.1 Å². The molecular formula is C15H21ClFN. The highest BCUT2D eigenvalue weighted by Gasteiger charge is 2.35. The monoisotopic (exact) mass is 269 g/mol. The Bertz CT molecular complexity index is 415. The Balaban J connectivity index is 2.21. The van der Waals surface area contributed by atoms with E-state index in [9.17, 15) is 4.39 Å². The highest BCUT2D eigenvalue weighted by Crippen LogP contribution is 2.39. The largest absolute Gasteiger partial charge is 0.371 e. The van der Waals surface area contributed by atoms with Crippen molar-refractivity contribution in [1.82, 2.24) is 0 Å². The van der Waals surface area contributed by atoms with Crippen molar-refractivity contribution in [2.75, 3.05) is 18.0 Å². The highest BCUT2D eigenvalue weighted by molar-refractivity contribution is 6.17. The van der Waals surface area contributed by atoms with Gasteiger partial charge in [0, 0.05) is 24.7 Å². The first-order valence-electron chi connectivity index (χ1n) is 6.73. The number of benzene rings is 1. The number of alkyl halides is 1. The number of hydrogen-bond donors (Lipinski definition) is 0. The summed E-state index contributed by atoms with van der Waals surface area (Å²) in [4.78, 5) is 2.30. The molecule has 1 aromatic rings. The molecule has 0 radical (unpaired) electrons. The van der Waals surface area contributed by atoms with Crippen molar-refractivity contribution >= 4 is 17.3 Å². The minimum atomic E-state index is -0.186. The van der Waals surface area contributed by atoms with Crippen LogP contribution >= 0.6 is 11.6 Å². The van der Waals surface area contributed by atoms with Gasteiger partial charge in [0.15, 0.2) is 0 Å². The van der Waals surface area contributed by atoms with Crippen LogP contribution in [0.25, 0.3) is 0 Å². The molecule has 3 heteroatoms. The number of rotatable bonds is 4. The second kappa shape index (κ2) is 5.48. The van der Waals surface area contributed by atoms with Crippen LogP contribution in [0.1, 0.15) is 38.7 Å². The van der Waals surface area contributed by atoms with E-state index in [2.05, 4.69) is 18.7 Å². The molecule has 0 unspecified atom stereocenters. The summed E-state index contributed by atoms with van der Waals surface area (Å²) < 4.78 is 13.5. The molecule has 100 valence electrons. The van der Waals surface area contributed by atoms with E-state index in [1.807, 2.05) is 6.07 Å². The molecule has 1 saturated heterocycles. The van der Waals surface area contributed by atoms with Gasteiger partial charge in [-0.3, -0.25) is 0 Å². The van der Waals surface area contributed by atoms with Crippen LogP contribution in [-0.2, 0) is 5.88 Å². The Kier molecular flexibility index (Phi) is 4.16. The van der Waals surface area contributed by atoms with Gasteiger partial charge in [-0.05, 0) is 48.4 Å². The summed E-state index contributed by atoms with van der Waals surface area (Å²) in [5.74, 6) is 0.180. The van der Waals surface area contributed by atoms with E-state index >= 15 is 0 Å². The molecule has 18 heavy (non-hydrogen) atoms. The Hall–Kier alpha value is -0.760. The first kappa shape index (κ1) is 13.7. The summed E-state index contributed by atoms with van der Waals surface area (Å²) in [6, 6.07) is 5.15. The fourth-order valence-corrected chi connectivity index (χ4v) is 3.03. The molecule has 1 fully saturated rings. The van der Waals surface area contributed by atoms with E-state index < -0.39 is 0 Å². The van der Waals surface area contributed by atoms with Gasteiger partial charge in [0.05, 0.1) is 0 Å². The molecule has 1 aliphatic heterocycles. The van der Waals surface area contributed by atoms with E-state index in [0.717, 1.165) is 24.3 Å². The molecule has 0 N–H and O–H groups in total. The SMILES string of the molecule is CCC1(CC)CCN(c2cc(F)cc(CCl)c2)C1. The molecule has 0 atom stereocenters. The third-order valence-corrected chi connectivity index (χ3v) is 4.71. The average Bonchev–Trinajstić information content (AvgIpc) is 2.83. The van der Waals surface area contributed by atoms with E-state index in [4.69, 9.17) is 11.6 Å². The Labute approximate surface area is 114 Å². The van der Waals surface area contributed by atoms with Crippen LogP contribution in [0, 0.1) is 11.2 Å². The number of nitrogens with zero attached hydrogens (tertiary/aromatic N) is 1. The molecular weight excluding hydrogens is 249 g/mol. The van der Waals surface area contributed by atoms with Crippen molar-refractivity contribution < 1.29 is 4.39 Å². The Morgan fingerprint density at radius 2 is 2.00 bits per heavy atom. The molecule has 0 aliphatic carbocycles. The first-order chi connectivity index (χ1) is 8.62. The van der Waals surface area contributed by atoms with Gasteiger partial charge in [0.1, 0.15) is 5.82 Å². The fourth-order valence-electron chi connectivity index (χ4n) is 2.88. The molecule has 0 bridgehead atoms. The maximum atomic E-state index is 13.5. The minimum Gasteiger partial charge on any atom is -0.371 e. The summed E-state index contributed by atoms with van der Waals surface area (Å²) in [5.41, 5.74) is 2.25. The van der Waals surface area contributed by atoms with Gasteiger partial charge in [0.2, 0.25) is 0 Å². The molecule has 0 aromatic heterocycles. The van der Waals surface area contributed by atoms with Crippen molar-refractivity contribution in [3.05, 3.63) is 29.6 Å². The van der Waals surface area contributed by atoms with Crippen LogP contribution in [0.3, 0.4) is 0 Å². The van der Waals surface area contributed by atoms with Gasteiger partial charge < -0.3 is 4.90 Å². The van der Waals surface area contributed by atoms with Gasteiger partial charge in [-0.1, -0.05) is 13.8 Å². The topological polar surface area (TPSA) is 3.24 Å². The Morgan fingerprint density at radius 3 is 2.56 bits per heavy atom. The van der Waals surface area contributed by atoms with Crippen LogP contribution in [-0.4, -0.2) is 13.1 Å². The lowest BCUT2D eigenvalue weighted by Crippen LogP contribution is -2.26. The smallest absolute Gasteiger partial charge is 0.125 e. The van der Waals surface area contributed by atoms with E-state index in [0.29, 0.717) is 11.3 Å². The number of hydrogen-bond acceptors (Lipinski definition) is 1. The summed E-state index contributed by atoms with van der Waals surface area (Å²) in [6.07, 6.45) is 3.59. The van der Waals surface area contributed by atoms with E-state index in [-0.39, 0.29) is 5.82 Å². The van der Waals surface area contributed by atoms with Gasteiger partial charge in [0.25, 0.3) is 0 Å². The van der Waals surface area contributed by atoms with Crippen molar-refractivity contribution in [2.45, 2.75) is 39.0 Å². The lowest BCUT2D eigenvalue weighted by molar-refractivity contribution is 0.301. The van der Waals surface area contributed by atoms with Crippen molar-refractivity contribution in [3.8, 4) is 0 Å². The van der Waals surface area contributed by atoms with Gasteiger partial charge >= 0.3 is 0 Å². The minimum absolute atomic E-state index is 0.186. The lowest BCUT2D eigenvalue weighted by Gasteiger charge is -2.27. The first-order valence-corrected chi connectivity index (χ1v) is 7.26. The highest BCUT2D eigenvalue weighted by atomic mass is 35.5. The zero-order valence-electron chi connectivity index (χ0n) is 11.2. The molecule has 2 rings (SSSR count). The second-order valence-electron chi connectivity index (χ2n) is 5.33. The molecule has 1 heterocycles. The summed E-state index contributed by atoms with van der Waals surface area (Å²) in [5, 5.41) is 0. The van der Waals surface area contributed by atoms with Crippen molar-refractivity contribution in [1.29, 1.82) is 0 Å². The Morgan fingerprint density at radius 1 is 1.28 bits per heavy atom. The van der Waals surface area contributed by atoms with Crippen molar-refractivity contribution in [2.24, 2.45) is 5.41 Å². The quantitative estimate of drug-likeness (QED) is 0.723. The van der Waals surface area contributed by atoms with Gasteiger partial charge in [-0.15, -0.1) is 11.6 Å². The van der Waals surface area contributed by atoms with E-state index in [1.54, 1.807) is 6.07 Å². The summed E-state index contributed by atoms with van der Waals surface area (Å²) in [7, 11) is 0. The maximum absolute atomic E-state index is 13.5. The molecule has 0 amide bonds. The zero-order chi connectivity index (χ0) is 13.2. The van der Waals surface area contributed by atoms with Crippen LogP contribution < -0.4 is 4.90 Å². The predicted molar refractivity (Wildman–Crippen MR) is 75.8 cm³/mol. The van der Waals surface area contributed by atoms with Gasteiger partial charge in [-0.25, -0.2) is 4.39 Å². The number of halogens is 2. The second-order valence-corrected chi connectivity index (χ2v) is 5.60. The predicted octanol–water partition coefficient (Wildman–Crippen LogP) is 4.58. The number of anilines is 1. The normalized spacial score (nSPS) is 18.3. The van der Waals surface area contributed by atoms with Crippen molar-refractivity contribution in [3.63, 3.8) is 0 Å². The molecule has 1 aliphatic rings. The summed E-state index contributed by atoms with van der Waals surface area (Å²) >= 11 is 5.80. The molecule has 0 saturated carbocycles. The summed E-state index contributed by atoms with van der Waals surface area (Å²) in [6.45, 7) is 6.56. The van der Waals surface area contributed by atoms with E-state index in [1.165, 1.54) is 25.3 Å². The fraction of sp³-hybridized carbons (Fsp3) is 0.600. The molecule has 1 nitrogen and oxygen atoms in total. The maximum Gasteiger partial charge on any atom is 0.125 e. The third kappa shape index (κ3) is 2.64. The molecule has 0 spiro atoms. The molecule has 1 aromatic carbocycles. The lowest BCUT2D eigenvalue weighted by atomic mass is 9.82. The standard InChI is InChI=1S/C15H21ClFN/c1-3-15(4-2)5-6-18(11-15)14-8-12(10-16)7-13(17)9-14/h7-9H,3-6,10-11H2,1-2H3. The van der Waals surface area contributed by atoms with Crippen LogP contribution in [0.2, 0.25) is 0 Å². The third-order valence-electron chi connectivity index (χ3n) is 4.40. The van der Waals surface area contributed by atoms with Gasteiger partial charge in [-0.2, -0.15) is 0 Å².